The summed E-state index contributed by atoms with van der Waals surface area (Å²) in [5.41, 5.74) is 2.93. The highest BCUT2D eigenvalue weighted by Crippen LogP contribution is 2.16. The van der Waals surface area contributed by atoms with Crippen molar-refractivity contribution in [3.8, 4) is 5.88 Å². The molecular weight excluding hydrogens is 406 g/mol. The third-order valence-electron chi connectivity index (χ3n) is 5.21. The number of pyridine rings is 1. The van der Waals surface area contributed by atoms with Crippen molar-refractivity contribution in [2.45, 2.75) is 13.2 Å². The van der Waals surface area contributed by atoms with E-state index in [4.69, 9.17) is 4.74 Å². The maximum absolute atomic E-state index is 12.7. The van der Waals surface area contributed by atoms with Crippen molar-refractivity contribution in [2.75, 3.05) is 31.6 Å². The van der Waals surface area contributed by atoms with Crippen LogP contribution in [0.1, 0.15) is 11.1 Å². The van der Waals surface area contributed by atoms with Crippen molar-refractivity contribution < 1.29 is 9.53 Å². The zero-order chi connectivity index (χ0) is 22.3. The first kappa shape index (κ1) is 21.4. The van der Waals surface area contributed by atoms with Gasteiger partial charge >= 0.3 is 0 Å². The lowest BCUT2D eigenvalue weighted by Gasteiger charge is -2.35. The number of guanidine groups is 1. The Balaban J connectivity index is 1.31. The molecule has 1 aliphatic rings. The van der Waals surface area contributed by atoms with Crippen LogP contribution < -0.4 is 15.0 Å². The Hall–Kier alpha value is -3.88. The second kappa shape index (κ2) is 9.95. The van der Waals surface area contributed by atoms with Crippen LogP contribution in [0.25, 0.3) is 0 Å². The third-order valence-corrected chi connectivity index (χ3v) is 5.21. The summed E-state index contributed by atoms with van der Waals surface area (Å²) >= 11 is 0. The van der Waals surface area contributed by atoms with Crippen molar-refractivity contribution in [2.24, 2.45) is 12.0 Å². The number of amides is 1. The van der Waals surface area contributed by atoms with Gasteiger partial charge in [0.05, 0.1) is 11.9 Å². The van der Waals surface area contributed by atoms with Gasteiger partial charge in [-0.2, -0.15) is 5.10 Å². The average molecular weight is 434 g/mol. The highest BCUT2D eigenvalue weighted by Gasteiger charge is 2.27. The molecule has 3 heterocycles. The number of aliphatic imine (C=N–C) groups is 1. The van der Waals surface area contributed by atoms with Crippen molar-refractivity contribution >= 4 is 17.6 Å². The number of aromatic nitrogens is 3. The van der Waals surface area contributed by atoms with Gasteiger partial charge in [0.25, 0.3) is 0 Å². The Morgan fingerprint density at radius 3 is 2.75 bits per heavy atom. The Morgan fingerprint density at radius 1 is 1.19 bits per heavy atom. The number of benzene rings is 1. The van der Waals surface area contributed by atoms with Gasteiger partial charge in [0.2, 0.25) is 11.8 Å². The molecule has 0 aliphatic carbocycles. The molecule has 2 aromatic heterocycles. The first-order chi connectivity index (χ1) is 15.6. The van der Waals surface area contributed by atoms with Crippen LogP contribution in [0.15, 0.2) is 66.0 Å². The maximum Gasteiger partial charge on any atom is 0.246 e. The van der Waals surface area contributed by atoms with Gasteiger partial charge in [-0.15, -0.1) is 0 Å². The molecule has 9 heteroatoms. The number of rotatable bonds is 6. The topological polar surface area (TPSA) is 87.9 Å². The van der Waals surface area contributed by atoms with Crippen LogP contribution in [-0.2, 0) is 25.0 Å². The van der Waals surface area contributed by atoms with Crippen LogP contribution in [0.2, 0.25) is 0 Å². The third kappa shape index (κ3) is 5.23. The monoisotopic (exact) mass is 433 g/mol. The van der Waals surface area contributed by atoms with Crippen molar-refractivity contribution in [3.05, 3.63) is 72.2 Å². The molecule has 1 aliphatic heterocycles. The fourth-order valence-corrected chi connectivity index (χ4v) is 3.56. The Morgan fingerprint density at radius 2 is 2.03 bits per heavy atom. The molecule has 1 saturated heterocycles. The van der Waals surface area contributed by atoms with Gasteiger partial charge in [0.1, 0.15) is 13.2 Å². The number of aryl methyl sites for hydroxylation is 1. The van der Waals surface area contributed by atoms with Gasteiger partial charge < -0.3 is 19.9 Å². The number of hydrogen-bond donors (Lipinski definition) is 1. The van der Waals surface area contributed by atoms with E-state index in [1.807, 2.05) is 60.6 Å². The van der Waals surface area contributed by atoms with Gasteiger partial charge in [0, 0.05) is 52.2 Å². The summed E-state index contributed by atoms with van der Waals surface area (Å²) < 4.78 is 7.51. The smallest absolute Gasteiger partial charge is 0.246 e. The standard InChI is InChI=1S/C23H27N7O2/c1-24-23(29-10-11-30(22(31)16-29)20-14-27-28(2)15-20)26-13-19-8-9-25-21(12-19)32-17-18-6-4-3-5-7-18/h3-9,12,14-15H,10-11,13,16-17H2,1-2H3,(H,24,26). The summed E-state index contributed by atoms with van der Waals surface area (Å²) in [5.74, 6) is 1.28. The average Bonchev–Trinajstić information content (AvgIpc) is 3.25. The van der Waals surface area contributed by atoms with Gasteiger partial charge in [-0.05, 0) is 17.2 Å². The summed E-state index contributed by atoms with van der Waals surface area (Å²) in [6, 6.07) is 13.8. The minimum atomic E-state index is 0.0210. The molecule has 1 N–H and O–H groups in total. The van der Waals surface area contributed by atoms with Crippen molar-refractivity contribution in [1.29, 1.82) is 0 Å². The molecule has 166 valence electrons. The molecule has 32 heavy (non-hydrogen) atoms. The van der Waals surface area contributed by atoms with E-state index < -0.39 is 0 Å². The molecule has 3 aromatic rings. The lowest BCUT2D eigenvalue weighted by Crippen LogP contribution is -2.55. The molecule has 0 bridgehead atoms. The zero-order valence-electron chi connectivity index (χ0n) is 18.3. The van der Waals surface area contributed by atoms with Crippen LogP contribution in [0.4, 0.5) is 5.69 Å². The van der Waals surface area contributed by atoms with Crippen LogP contribution in [0.5, 0.6) is 5.88 Å². The van der Waals surface area contributed by atoms with E-state index in [-0.39, 0.29) is 12.5 Å². The molecule has 0 atom stereocenters. The van der Waals surface area contributed by atoms with E-state index in [9.17, 15) is 4.79 Å². The predicted molar refractivity (Wildman–Crippen MR) is 122 cm³/mol. The van der Waals surface area contributed by atoms with Gasteiger partial charge in [-0.3, -0.25) is 14.5 Å². The SMILES string of the molecule is CN=C(NCc1ccnc(OCc2ccccc2)c1)N1CCN(c2cnn(C)c2)C(=O)C1. The molecule has 1 aromatic carbocycles. The normalized spacial score (nSPS) is 14.6. The number of ether oxygens (including phenoxy) is 1. The second-order valence-corrected chi connectivity index (χ2v) is 7.52. The molecule has 0 spiro atoms. The predicted octanol–water partition coefficient (Wildman–Crippen LogP) is 1.82. The molecule has 0 saturated carbocycles. The van der Waals surface area contributed by atoms with Crippen LogP contribution >= 0.6 is 0 Å². The number of nitrogens with zero attached hydrogens (tertiary/aromatic N) is 6. The van der Waals surface area contributed by atoms with E-state index in [1.165, 1.54) is 0 Å². The van der Waals surface area contributed by atoms with Crippen molar-refractivity contribution in [1.82, 2.24) is 25.0 Å². The second-order valence-electron chi connectivity index (χ2n) is 7.52. The number of carbonyl (C=O) groups excluding carboxylic acids is 1. The maximum atomic E-state index is 12.7. The largest absolute Gasteiger partial charge is 0.473 e. The number of carbonyl (C=O) groups is 1. The number of hydrogen-bond acceptors (Lipinski definition) is 5. The number of nitrogens with one attached hydrogen (secondary N) is 1. The highest BCUT2D eigenvalue weighted by molar-refractivity contribution is 5.98. The summed E-state index contributed by atoms with van der Waals surface area (Å²) in [5, 5.41) is 7.50. The fraction of sp³-hybridized carbons (Fsp3) is 0.304. The number of piperazine rings is 1. The van der Waals surface area contributed by atoms with Gasteiger partial charge in [-0.25, -0.2) is 4.98 Å². The molecule has 0 radical (unpaired) electrons. The molecule has 4 rings (SSSR count). The lowest BCUT2D eigenvalue weighted by atomic mass is 10.2. The van der Waals surface area contributed by atoms with Crippen LogP contribution in [-0.4, -0.2) is 58.2 Å². The molecular formula is C23H27N7O2. The Labute approximate surface area is 187 Å². The first-order valence-electron chi connectivity index (χ1n) is 10.5. The van der Waals surface area contributed by atoms with E-state index in [1.54, 1.807) is 29.0 Å². The molecule has 1 amide bonds. The molecule has 9 nitrogen and oxygen atoms in total. The van der Waals surface area contributed by atoms with Gasteiger partial charge in [-0.1, -0.05) is 30.3 Å². The zero-order valence-corrected chi connectivity index (χ0v) is 18.3. The minimum Gasteiger partial charge on any atom is -0.473 e. The Bertz CT molecular complexity index is 1080. The summed E-state index contributed by atoms with van der Waals surface area (Å²) in [6.45, 7) is 2.54. The van der Waals surface area contributed by atoms with E-state index >= 15 is 0 Å². The van der Waals surface area contributed by atoms with E-state index in [0.29, 0.717) is 38.1 Å². The van der Waals surface area contributed by atoms with Crippen molar-refractivity contribution in [3.63, 3.8) is 0 Å². The highest BCUT2D eigenvalue weighted by atomic mass is 16.5. The Kier molecular flexibility index (Phi) is 6.64. The molecule has 1 fully saturated rings. The first-order valence-corrected chi connectivity index (χ1v) is 10.5. The lowest BCUT2D eigenvalue weighted by molar-refractivity contribution is -0.120. The molecule has 0 unspecified atom stereocenters. The van der Waals surface area contributed by atoms with E-state index in [2.05, 4.69) is 20.4 Å². The minimum absolute atomic E-state index is 0.0210. The van der Waals surface area contributed by atoms with Crippen LogP contribution in [0.3, 0.4) is 0 Å². The number of anilines is 1. The quantitative estimate of drug-likeness (QED) is 0.471. The summed E-state index contributed by atoms with van der Waals surface area (Å²) in [6.07, 6.45) is 5.29. The van der Waals surface area contributed by atoms with Gasteiger partial charge in [0.15, 0.2) is 5.96 Å². The fourth-order valence-electron chi connectivity index (χ4n) is 3.56. The summed E-state index contributed by atoms with van der Waals surface area (Å²) in [4.78, 5) is 25.1. The van der Waals surface area contributed by atoms with E-state index in [0.717, 1.165) is 16.8 Å². The summed E-state index contributed by atoms with van der Waals surface area (Å²) in [7, 11) is 3.56. The van der Waals surface area contributed by atoms with Crippen LogP contribution in [0, 0.1) is 0 Å².